The Bertz CT molecular complexity index is 662. The van der Waals surface area contributed by atoms with Gasteiger partial charge in [-0.1, -0.05) is 17.7 Å². The van der Waals surface area contributed by atoms with Gasteiger partial charge < -0.3 is 9.47 Å². The predicted molar refractivity (Wildman–Crippen MR) is 78.1 cm³/mol. The zero-order valence-corrected chi connectivity index (χ0v) is 12.1. The number of hydrogen-bond donors (Lipinski definition) is 0. The number of rotatable bonds is 4. The van der Waals surface area contributed by atoms with Gasteiger partial charge in [-0.25, -0.2) is 0 Å². The molecular weight excluding hydrogens is 274 g/mol. The molecule has 0 fully saturated rings. The Labute approximate surface area is 123 Å². The lowest BCUT2D eigenvalue weighted by Gasteiger charge is -2.10. The minimum absolute atomic E-state index is 0.419. The maximum absolute atomic E-state index is 8.80. The zero-order chi connectivity index (χ0) is 14.5. The molecule has 102 valence electrons. The molecule has 2 rings (SSSR count). The molecule has 2 aromatic rings. The topological polar surface area (TPSA) is 42.2 Å². The first kappa shape index (κ1) is 14.4. The zero-order valence-electron chi connectivity index (χ0n) is 11.3. The van der Waals surface area contributed by atoms with Gasteiger partial charge in [-0.3, -0.25) is 0 Å². The molecule has 0 aliphatic rings. The average molecular weight is 288 g/mol. The first-order chi connectivity index (χ1) is 9.63. The van der Waals surface area contributed by atoms with E-state index in [1.807, 2.05) is 31.2 Å². The van der Waals surface area contributed by atoms with Crippen molar-refractivity contribution in [2.75, 3.05) is 7.11 Å². The second-order valence-electron chi connectivity index (χ2n) is 4.38. The van der Waals surface area contributed by atoms with Gasteiger partial charge in [0.05, 0.1) is 23.3 Å². The molecule has 0 aliphatic heterocycles. The van der Waals surface area contributed by atoms with Crippen LogP contribution in [-0.4, -0.2) is 7.11 Å². The van der Waals surface area contributed by atoms with Crippen molar-refractivity contribution in [3.8, 4) is 17.6 Å². The summed E-state index contributed by atoms with van der Waals surface area (Å²) in [5, 5.41) is 9.22. The van der Waals surface area contributed by atoms with Crippen LogP contribution in [0.1, 0.15) is 16.7 Å². The van der Waals surface area contributed by atoms with E-state index >= 15 is 0 Å². The van der Waals surface area contributed by atoms with Gasteiger partial charge in [0.2, 0.25) is 0 Å². The van der Waals surface area contributed by atoms with Crippen LogP contribution in [-0.2, 0) is 11.3 Å². The second kappa shape index (κ2) is 6.42. The Morgan fingerprint density at radius 3 is 2.60 bits per heavy atom. The van der Waals surface area contributed by atoms with Gasteiger partial charge in [0.25, 0.3) is 0 Å². The fourth-order valence-corrected chi connectivity index (χ4v) is 2.05. The number of methoxy groups -OCH3 is 1. The van der Waals surface area contributed by atoms with Gasteiger partial charge in [0.1, 0.15) is 11.5 Å². The molecule has 20 heavy (non-hydrogen) atoms. The van der Waals surface area contributed by atoms with E-state index < -0.39 is 0 Å². The van der Waals surface area contributed by atoms with E-state index in [-0.39, 0.29) is 0 Å². The number of halogens is 1. The number of aryl methyl sites for hydroxylation is 1. The summed E-state index contributed by atoms with van der Waals surface area (Å²) in [7, 11) is 1.67. The maximum atomic E-state index is 8.80. The van der Waals surface area contributed by atoms with Gasteiger partial charge in [-0.15, -0.1) is 0 Å². The fraction of sp³-hybridized carbons (Fsp3) is 0.188. The normalized spacial score (nSPS) is 10.1. The van der Waals surface area contributed by atoms with Crippen LogP contribution in [0.2, 0.25) is 5.02 Å². The molecule has 4 heteroatoms. The predicted octanol–water partition coefficient (Wildman–Crippen LogP) is 4.46. The smallest absolute Gasteiger partial charge is 0.146 e. The fourth-order valence-electron chi connectivity index (χ4n) is 1.83. The van der Waals surface area contributed by atoms with Crippen molar-refractivity contribution in [1.29, 1.82) is 5.26 Å². The summed E-state index contributed by atoms with van der Waals surface area (Å²) in [6.45, 7) is 2.57. The first-order valence-electron chi connectivity index (χ1n) is 6.10. The summed E-state index contributed by atoms with van der Waals surface area (Å²) in [5.41, 5.74) is 2.72. The Morgan fingerprint density at radius 1 is 1.20 bits per heavy atom. The quantitative estimate of drug-likeness (QED) is 0.834. The molecule has 0 amide bonds. The van der Waals surface area contributed by atoms with Crippen molar-refractivity contribution in [2.45, 2.75) is 13.5 Å². The summed E-state index contributed by atoms with van der Waals surface area (Å²) in [6.07, 6.45) is 0. The van der Waals surface area contributed by atoms with Crippen LogP contribution in [0.3, 0.4) is 0 Å². The van der Waals surface area contributed by atoms with Crippen molar-refractivity contribution in [3.05, 3.63) is 58.1 Å². The van der Waals surface area contributed by atoms with Crippen LogP contribution in [0.5, 0.6) is 11.5 Å². The molecule has 0 aliphatic carbocycles. The van der Waals surface area contributed by atoms with Crippen molar-refractivity contribution in [3.63, 3.8) is 0 Å². The molecule has 0 bridgehead atoms. The molecule has 0 aromatic heterocycles. The van der Waals surface area contributed by atoms with Crippen LogP contribution in [0.4, 0.5) is 0 Å². The number of nitrogens with zero attached hydrogens (tertiary/aromatic N) is 1. The highest BCUT2D eigenvalue weighted by Crippen LogP contribution is 2.31. The van der Waals surface area contributed by atoms with E-state index in [0.717, 1.165) is 11.1 Å². The molecule has 3 nitrogen and oxygen atoms in total. The number of ether oxygens (including phenoxy) is 2. The summed E-state index contributed by atoms with van der Waals surface area (Å²) >= 11 is 6.08. The highest BCUT2D eigenvalue weighted by Gasteiger charge is 2.06. The standard InChI is InChI=1S/C16H14ClNO2/c1-11-7-14(5-4-13(11)10-19-2)20-16-6-3-12(9-18)8-15(16)17/h3-8H,10H2,1-2H3. The van der Waals surface area contributed by atoms with Crippen molar-refractivity contribution < 1.29 is 9.47 Å². The molecule has 0 heterocycles. The molecular formula is C16H14ClNO2. The van der Waals surface area contributed by atoms with Crippen LogP contribution in [0.15, 0.2) is 36.4 Å². The Hall–Kier alpha value is -2.02. The molecule has 0 saturated heterocycles. The summed E-state index contributed by atoms with van der Waals surface area (Å²) in [6, 6.07) is 12.8. The van der Waals surface area contributed by atoms with Gasteiger partial charge >= 0.3 is 0 Å². The third kappa shape index (κ3) is 3.30. The van der Waals surface area contributed by atoms with Crippen LogP contribution >= 0.6 is 11.6 Å². The SMILES string of the molecule is COCc1ccc(Oc2ccc(C#N)cc2Cl)cc1C. The average Bonchev–Trinajstić information content (AvgIpc) is 2.44. The first-order valence-corrected chi connectivity index (χ1v) is 6.48. The van der Waals surface area contributed by atoms with E-state index in [4.69, 9.17) is 26.3 Å². The van der Waals surface area contributed by atoms with E-state index in [1.165, 1.54) is 0 Å². The lowest BCUT2D eigenvalue weighted by molar-refractivity contribution is 0.184. The summed E-state index contributed by atoms with van der Waals surface area (Å²) in [4.78, 5) is 0. The van der Waals surface area contributed by atoms with Crippen LogP contribution in [0.25, 0.3) is 0 Å². The van der Waals surface area contributed by atoms with E-state index in [1.54, 1.807) is 25.3 Å². The Morgan fingerprint density at radius 2 is 2.00 bits per heavy atom. The Kier molecular flexibility index (Phi) is 4.62. The second-order valence-corrected chi connectivity index (χ2v) is 4.79. The molecule has 0 spiro atoms. The van der Waals surface area contributed by atoms with Gasteiger partial charge in [0, 0.05) is 7.11 Å². The molecule has 0 atom stereocenters. The monoisotopic (exact) mass is 287 g/mol. The number of nitriles is 1. The van der Waals surface area contributed by atoms with Crippen molar-refractivity contribution in [2.24, 2.45) is 0 Å². The minimum atomic E-state index is 0.419. The lowest BCUT2D eigenvalue weighted by Crippen LogP contribution is -1.93. The summed E-state index contributed by atoms with van der Waals surface area (Å²) < 4.78 is 10.9. The van der Waals surface area contributed by atoms with E-state index in [0.29, 0.717) is 28.7 Å². The number of benzene rings is 2. The minimum Gasteiger partial charge on any atom is -0.456 e. The van der Waals surface area contributed by atoms with Gasteiger partial charge in [0.15, 0.2) is 0 Å². The molecule has 0 unspecified atom stereocenters. The molecule has 2 aromatic carbocycles. The van der Waals surface area contributed by atoms with Gasteiger partial charge in [-0.05, 0) is 48.4 Å². The maximum Gasteiger partial charge on any atom is 0.146 e. The molecule has 0 radical (unpaired) electrons. The highest BCUT2D eigenvalue weighted by molar-refractivity contribution is 6.32. The molecule has 0 saturated carbocycles. The Balaban J connectivity index is 2.22. The van der Waals surface area contributed by atoms with Crippen LogP contribution in [0, 0.1) is 18.3 Å². The highest BCUT2D eigenvalue weighted by atomic mass is 35.5. The number of hydrogen-bond acceptors (Lipinski definition) is 3. The van der Waals surface area contributed by atoms with E-state index in [2.05, 4.69) is 0 Å². The van der Waals surface area contributed by atoms with Crippen molar-refractivity contribution in [1.82, 2.24) is 0 Å². The molecule has 0 N–H and O–H groups in total. The largest absolute Gasteiger partial charge is 0.456 e. The van der Waals surface area contributed by atoms with Crippen LogP contribution < -0.4 is 4.74 Å². The third-order valence-electron chi connectivity index (χ3n) is 2.90. The summed E-state index contributed by atoms with van der Waals surface area (Å²) in [5.74, 6) is 1.23. The lowest BCUT2D eigenvalue weighted by atomic mass is 10.1. The van der Waals surface area contributed by atoms with Gasteiger partial charge in [-0.2, -0.15) is 5.26 Å². The van der Waals surface area contributed by atoms with Crippen molar-refractivity contribution >= 4 is 11.6 Å². The van der Waals surface area contributed by atoms with E-state index in [9.17, 15) is 0 Å². The third-order valence-corrected chi connectivity index (χ3v) is 3.20.